The highest BCUT2D eigenvalue weighted by Gasteiger charge is 2.22. The molecule has 138 valence electrons. The Balaban J connectivity index is 1.45. The summed E-state index contributed by atoms with van der Waals surface area (Å²) in [6.45, 7) is 0. The van der Waals surface area contributed by atoms with Crippen molar-refractivity contribution in [1.82, 2.24) is 10.2 Å². The largest absolute Gasteiger partial charge is 0.325 e. The lowest BCUT2D eigenvalue weighted by atomic mass is 9.89. The molecule has 1 aliphatic carbocycles. The summed E-state index contributed by atoms with van der Waals surface area (Å²) in [5.41, 5.74) is 0.654. The lowest BCUT2D eigenvalue weighted by Crippen LogP contribution is -2.24. The fourth-order valence-corrected chi connectivity index (χ4v) is 4.53. The molecule has 0 saturated heterocycles. The van der Waals surface area contributed by atoms with E-state index in [9.17, 15) is 9.59 Å². The average Bonchev–Trinajstić information content (AvgIpc) is 3.08. The van der Waals surface area contributed by atoms with Gasteiger partial charge in [0.15, 0.2) is 4.34 Å². The van der Waals surface area contributed by atoms with Crippen LogP contribution >= 0.6 is 34.7 Å². The van der Waals surface area contributed by atoms with E-state index < -0.39 is 0 Å². The summed E-state index contributed by atoms with van der Waals surface area (Å²) < 4.78 is 0.644. The monoisotopic (exact) mass is 410 g/mol. The van der Waals surface area contributed by atoms with Crippen LogP contribution in [0.25, 0.3) is 0 Å². The number of aromatic nitrogens is 2. The second-order valence-electron chi connectivity index (χ2n) is 6.04. The lowest BCUT2D eigenvalue weighted by molar-refractivity contribution is -0.120. The van der Waals surface area contributed by atoms with Gasteiger partial charge in [0.25, 0.3) is 0 Å². The number of rotatable bonds is 6. The highest BCUT2D eigenvalue weighted by atomic mass is 35.5. The van der Waals surface area contributed by atoms with E-state index in [1.54, 1.807) is 24.3 Å². The van der Waals surface area contributed by atoms with Gasteiger partial charge in [-0.1, -0.05) is 60.0 Å². The molecule has 0 unspecified atom stereocenters. The number of carbonyl (C=O) groups is 2. The van der Waals surface area contributed by atoms with Gasteiger partial charge in [-0.05, 0) is 31.0 Å². The SMILES string of the molecule is O=C(CSc1nnc(NC(=O)C2CCCCC2)s1)Nc1cccc(Cl)c1. The van der Waals surface area contributed by atoms with E-state index in [1.165, 1.54) is 29.5 Å². The summed E-state index contributed by atoms with van der Waals surface area (Å²) in [6.07, 6.45) is 5.31. The van der Waals surface area contributed by atoms with E-state index in [0.717, 1.165) is 25.7 Å². The number of benzene rings is 1. The summed E-state index contributed by atoms with van der Waals surface area (Å²) in [5.74, 6) is 0.154. The number of hydrogen-bond donors (Lipinski definition) is 2. The van der Waals surface area contributed by atoms with E-state index >= 15 is 0 Å². The quantitative estimate of drug-likeness (QED) is 0.543. The highest BCUT2D eigenvalue weighted by Crippen LogP contribution is 2.28. The molecule has 1 saturated carbocycles. The van der Waals surface area contributed by atoms with Crippen LogP contribution in [0.5, 0.6) is 0 Å². The summed E-state index contributed by atoms with van der Waals surface area (Å²) in [4.78, 5) is 24.2. The van der Waals surface area contributed by atoms with Crippen molar-refractivity contribution >= 4 is 57.3 Å². The van der Waals surface area contributed by atoms with E-state index in [1.807, 2.05) is 0 Å². The van der Waals surface area contributed by atoms with Gasteiger partial charge in [0, 0.05) is 16.6 Å². The third kappa shape index (κ3) is 5.69. The molecule has 6 nitrogen and oxygen atoms in total. The summed E-state index contributed by atoms with van der Waals surface area (Å²) >= 11 is 8.46. The minimum atomic E-state index is -0.153. The molecule has 3 rings (SSSR count). The van der Waals surface area contributed by atoms with Gasteiger partial charge in [-0.2, -0.15) is 0 Å². The van der Waals surface area contributed by atoms with Crippen molar-refractivity contribution in [2.24, 2.45) is 5.92 Å². The number of amides is 2. The molecule has 0 aliphatic heterocycles. The predicted molar refractivity (Wildman–Crippen MR) is 106 cm³/mol. The first-order valence-corrected chi connectivity index (χ1v) is 10.6. The molecule has 0 bridgehead atoms. The minimum absolute atomic E-state index is 0.0242. The molecule has 2 amide bonds. The normalized spacial score (nSPS) is 14.8. The molecule has 9 heteroatoms. The second-order valence-corrected chi connectivity index (χ2v) is 8.68. The van der Waals surface area contributed by atoms with Gasteiger partial charge in [0.05, 0.1) is 5.75 Å². The van der Waals surface area contributed by atoms with Crippen LogP contribution in [-0.2, 0) is 9.59 Å². The minimum Gasteiger partial charge on any atom is -0.325 e. The van der Waals surface area contributed by atoms with Crippen LogP contribution in [0.2, 0.25) is 5.02 Å². The van der Waals surface area contributed by atoms with Crippen molar-refractivity contribution in [2.45, 2.75) is 36.4 Å². The Morgan fingerprint density at radius 1 is 1.19 bits per heavy atom. The van der Waals surface area contributed by atoms with Crippen LogP contribution in [0.3, 0.4) is 0 Å². The molecule has 0 radical (unpaired) electrons. The fourth-order valence-electron chi connectivity index (χ4n) is 2.78. The van der Waals surface area contributed by atoms with Crippen molar-refractivity contribution in [3.05, 3.63) is 29.3 Å². The molecule has 2 N–H and O–H groups in total. The zero-order valence-corrected chi connectivity index (χ0v) is 16.4. The molecule has 1 aromatic heterocycles. The predicted octanol–water partition coefficient (Wildman–Crippen LogP) is 4.44. The molecular formula is C17H19ClN4O2S2. The molecule has 1 aliphatic rings. The first-order chi connectivity index (χ1) is 12.6. The van der Waals surface area contributed by atoms with E-state index in [2.05, 4.69) is 20.8 Å². The van der Waals surface area contributed by atoms with Crippen molar-refractivity contribution in [2.75, 3.05) is 16.4 Å². The second kappa shape index (κ2) is 9.34. The maximum Gasteiger partial charge on any atom is 0.234 e. The standard InChI is InChI=1S/C17H19ClN4O2S2/c18-12-7-4-8-13(9-12)19-14(23)10-25-17-22-21-16(26-17)20-15(24)11-5-2-1-3-6-11/h4,7-9,11H,1-3,5-6,10H2,(H,19,23)(H,20,21,24). The first kappa shape index (κ1) is 19.1. The molecule has 1 fully saturated rings. The van der Waals surface area contributed by atoms with Crippen LogP contribution in [0.1, 0.15) is 32.1 Å². The average molecular weight is 411 g/mol. The highest BCUT2D eigenvalue weighted by molar-refractivity contribution is 8.01. The molecular weight excluding hydrogens is 392 g/mol. The van der Waals surface area contributed by atoms with Crippen LogP contribution in [0.15, 0.2) is 28.6 Å². The maximum absolute atomic E-state index is 12.2. The van der Waals surface area contributed by atoms with Crippen LogP contribution in [0, 0.1) is 5.92 Å². The number of anilines is 2. The molecule has 0 spiro atoms. The Bertz CT molecular complexity index is 778. The van der Waals surface area contributed by atoms with E-state index in [4.69, 9.17) is 11.6 Å². The Hall–Kier alpha value is -1.64. The summed E-state index contributed by atoms with van der Waals surface area (Å²) in [6, 6.07) is 6.99. The maximum atomic E-state index is 12.2. The van der Waals surface area contributed by atoms with Gasteiger partial charge < -0.3 is 10.6 Å². The van der Waals surface area contributed by atoms with Gasteiger partial charge in [0.1, 0.15) is 0 Å². The number of nitrogens with one attached hydrogen (secondary N) is 2. The van der Waals surface area contributed by atoms with Crippen LogP contribution in [0.4, 0.5) is 10.8 Å². The Morgan fingerprint density at radius 3 is 2.77 bits per heavy atom. The Kier molecular flexibility index (Phi) is 6.87. The lowest BCUT2D eigenvalue weighted by Gasteiger charge is -2.19. The summed E-state index contributed by atoms with van der Waals surface area (Å²) in [5, 5.41) is 14.7. The van der Waals surface area contributed by atoms with Gasteiger partial charge in [-0.25, -0.2) is 0 Å². The zero-order valence-electron chi connectivity index (χ0n) is 14.0. The smallest absolute Gasteiger partial charge is 0.234 e. The van der Waals surface area contributed by atoms with Crippen molar-refractivity contribution in [3.63, 3.8) is 0 Å². The third-order valence-corrected chi connectivity index (χ3v) is 6.25. The fraction of sp³-hybridized carbons (Fsp3) is 0.412. The number of nitrogens with zero attached hydrogens (tertiary/aromatic N) is 2. The third-order valence-electron chi connectivity index (χ3n) is 4.05. The topological polar surface area (TPSA) is 84.0 Å². The number of carbonyl (C=O) groups excluding carboxylic acids is 2. The number of hydrogen-bond acceptors (Lipinski definition) is 6. The van der Waals surface area contributed by atoms with Crippen molar-refractivity contribution in [1.29, 1.82) is 0 Å². The zero-order chi connectivity index (χ0) is 18.4. The van der Waals surface area contributed by atoms with Crippen LogP contribution < -0.4 is 10.6 Å². The van der Waals surface area contributed by atoms with Gasteiger partial charge >= 0.3 is 0 Å². The molecule has 2 aromatic rings. The van der Waals surface area contributed by atoms with Crippen molar-refractivity contribution in [3.8, 4) is 0 Å². The molecule has 1 heterocycles. The van der Waals surface area contributed by atoms with Crippen molar-refractivity contribution < 1.29 is 9.59 Å². The van der Waals surface area contributed by atoms with Crippen LogP contribution in [-0.4, -0.2) is 27.8 Å². The Labute approximate surface area is 165 Å². The first-order valence-electron chi connectivity index (χ1n) is 8.43. The summed E-state index contributed by atoms with van der Waals surface area (Å²) in [7, 11) is 0. The molecule has 1 aromatic carbocycles. The molecule has 26 heavy (non-hydrogen) atoms. The number of halogens is 1. The van der Waals surface area contributed by atoms with E-state index in [-0.39, 0.29) is 23.5 Å². The van der Waals surface area contributed by atoms with Gasteiger partial charge in [0.2, 0.25) is 16.9 Å². The van der Waals surface area contributed by atoms with E-state index in [0.29, 0.717) is 20.2 Å². The Morgan fingerprint density at radius 2 is 2.00 bits per heavy atom. The van der Waals surface area contributed by atoms with Gasteiger partial charge in [-0.15, -0.1) is 10.2 Å². The molecule has 0 atom stereocenters. The van der Waals surface area contributed by atoms with Gasteiger partial charge in [-0.3, -0.25) is 9.59 Å². The number of thioether (sulfide) groups is 1.